The molecule has 1 amide bonds. The molecule has 3 N–H and O–H groups in total. The van der Waals surface area contributed by atoms with Gasteiger partial charge in [0.2, 0.25) is 5.91 Å². The van der Waals surface area contributed by atoms with Crippen LogP contribution in [-0.2, 0) is 11.2 Å². The number of carbonyl (C=O) groups is 1. The number of unbranched alkanes of at least 4 members (excludes halogenated alkanes) is 1. The summed E-state index contributed by atoms with van der Waals surface area (Å²) in [5, 5.41) is 2.91. The number of amides is 1. The summed E-state index contributed by atoms with van der Waals surface area (Å²) in [6.07, 6.45) is 5.74. The molecule has 0 aromatic heterocycles. The van der Waals surface area contributed by atoms with Crippen molar-refractivity contribution >= 4 is 23.0 Å². The first-order valence-corrected chi connectivity index (χ1v) is 7.56. The number of nitrogens with one attached hydrogen (secondary N) is 1. The number of hydrogen-bond donors (Lipinski definition) is 2. The number of carbonyl (C=O) groups excluding carboxylic acids is 1. The standard InChI is InChI=1S/C16H25N3O/c1-3-4-7-13-10-16(19-8-5-6-9-19)15(11-14(13)17)18-12(2)20/h10-11H,3-9,17H2,1-2H3,(H,18,20). The second-order valence-electron chi connectivity index (χ2n) is 5.55. The van der Waals surface area contributed by atoms with Crippen LogP contribution in [0.4, 0.5) is 17.1 Å². The lowest BCUT2D eigenvalue weighted by Gasteiger charge is -2.23. The molecule has 1 aliphatic heterocycles. The highest BCUT2D eigenvalue weighted by Gasteiger charge is 2.18. The van der Waals surface area contributed by atoms with E-state index in [-0.39, 0.29) is 5.91 Å². The van der Waals surface area contributed by atoms with Gasteiger partial charge in [0.05, 0.1) is 11.4 Å². The fourth-order valence-electron chi connectivity index (χ4n) is 2.74. The Labute approximate surface area is 121 Å². The SMILES string of the molecule is CCCCc1cc(N2CCCC2)c(NC(C)=O)cc1N. The van der Waals surface area contributed by atoms with E-state index in [1.54, 1.807) is 0 Å². The molecule has 0 spiro atoms. The van der Waals surface area contributed by atoms with Crippen molar-refractivity contribution in [2.45, 2.75) is 46.0 Å². The normalized spacial score (nSPS) is 14.6. The van der Waals surface area contributed by atoms with Gasteiger partial charge in [0.1, 0.15) is 0 Å². The van der Waals surface area contributed by atoms with Gasteiger partial charge in [0, 0.05) is 25.7 Å². The highest BCUT2D eigenvalue weighted by Crippen LogP contribution is 2.34. The number of rotatable bonds is 5. The third kappa shape index (κ3) is 3.44. The van der Waals surface area contributed by atoms with E-state index < -0.39 is 0 Å². The van der Waals surface area contributed by atoms with E-state index in [9.17, 15) is 4.79 Å². The van der Waals surface area contributed by atoms with Crippen molar-refractivity contribution in [2.75, 3.05) is 29.0 Å². The van der Waals surface area contributed by atoms with Crippen LogP contribution in [0.1, 0.15) is 45.1 Å². The van der Waals surface area contributed by atoms with Crippen LogP contribution in [0.15, 0.2) is 12.1 Å². The molecule has 0 atom stereocenters. The first-order valence-electron chi connectivity index (χ1n) is 7.56. The Morgan fingerprint density at radius 3 is 2.65 bits per heavy atom. The lowest BCUT2D eigenvalue weighted by molar-refractivity contribution is -0.114. The topological polar surface area (TPSA) is 58.4 Å². The third-order valence-corrected chi connectivity index (χ3v) is 3.81. The highest BCUT2D eigenvalue weighted by atomic mass is 16.1. The first-order chi connectivity index (χ1) is 9.61. The monoisotopic (exact) mass is 275 g/mol. The van der Waals surface area contributed by atoms with Gasteiger partial charge in [0.15, 0.2) is 0 Å². The maximum absolute atomic E-state index is 11.4. The number of anilines is 3. The molecule has 2 rings (SSSR count). The molecule has 20 heavy (non-hydrogen) atoms. The summed E-state index contributed by atoms with van der Waals surface area (Å²) in [6, 6.07) is 4.08. The van der Waals surface area contributed by atoms with Crippen molar-refractivity contribution in [1.82, 2.24) is 0 Å². The van der Waals surface area contributed by atoms with Crippen LogP contribution in [0.25, 0.3) is 0 Å². The molecule has 0 saturated carbocycles. The van der Waals surface area contributed by atoms with Gasteiger partial charge < -0.3 is 16.0 Å². The predicted octanol–water partition coefficient (Wildman–Crippen LogP) is 3.17. The molecule has 1 aromatic rings. The predicted molar refractivity (Wildman–Crippen MR) is 85.2 cm³/mol. The van der Waals surface area contributed by atoms with Crippen LogP contribution in [-0.4, -0.2) is 19.0 Å². The number of nitrogens with two attached hydrogens (primary N) is 1. The van der Waals surface area contributed by atoms with Crippen LogP contribution in [0, 0.1) is 0 Å². The molecule has 0 radical (unpaired) electrons. The molecule has 1 fully saturated rings. The maximum Gasteiger partial charge on any atom is 0.221 e. The number of hydrogen-bond acceptors (Lipinski definition) is 3. The lowest BCUT2D eigenvalue weighted by Crippen LogP contribution is -2.21. The van der Waals surface area contributed by atoms with Crippen LogP contribution in [0.2, 0.25) is 0 Å². The van der Waals surface area contributed by atoms with Crippen molar-refractivity contribution in [3.8, 4) is 0 Å². The maximum atomic E-state index is 11.4. The minimum absolute atomic E-state index is 0.0499. The average Bonchev–Trinajstić information content (AvgIpc) is 2.91. The van der Waals surface area contributed by atoms with Gasteiger partial charge in [-0.15, -0.1) is 0 Å². The molecular weight excluding hydrogens is 250 g/mol. The average molecular weight is 275 g/mol. The molecule has 1 heterocycles. The van der Waals surface area contributed by atoms with E-state index in [4.69, 9.17) is 5.73 Å². The van der Waals surface area contributed by atoms with E-state index in [0.717, 1.165) is 49.4 Å². The van der Waals surface area contributed by atoms with E-state index in [1.165, 1.54) is 25.3 Å². The molecule has 1 aliphatic rings. The summed E-state index contributed by atoms with van der Waals surface area (Å²) in [5.41, 5.74) is 10.1. The molecule has 4 nitrogen and oxygen atoms in total. The minimum Gasteiger partial charge on any atom is -0.398 e. The smallest absolute Gasteiger partial charge is 0.221 e. The zero-order chi connectivity index (χ0) is 14.5. The van der Waals surface area contributed by atoms with Gasteiger partial charge in [-0.25, -0.2) is 0 Å². The Morgan fingerprint density at radius 2 is 2.05 bits per heavy atom. The number of aryl methyl sites for hydroxylation is 1. The van der Waals surface area contributed by atoms with E-state index in [2.05, 4.69) is 23.2 Å². The fourth-order valence-corrected chi connectivity index (χ4v) is 2.74. The Kier molecular flexibility index (Phi) is 4.88. The largest absolute Gasteiger partial charge is 0.398 e. The summed E-state index contributed by atoms with van der Waals surface area (Å²) in [4.78, 5) is 13.7. The summed E-state index contributed by atoms with van der Waals surface area (Å²) in [5.74, 6) is -0.0499. The molecule has 110 valence electrons. The van der Waals surface area contributed by atoms with Crippen molar-refractivity contribution < 1.29 is 4.79 Å². The van der Waals surface area contributed by atoms with Gasteiger partial charge >= 0.3 is 0 Å². The van der Waals surface area contributed by atoms with Crippen molar-refractivity contribution in [3.05, 3.63) is 17.7 Å². The summed E-state index contributed by atoms with van der Waals surface area (Å²) in [6.45, 7) is 5.84. The molecule has 0 aliphatic carbocycles. The highest BCUT2D eigenvalue weighted by molar-refractivity contribution is 5.94. The molecule has 0 bridgehead atoms. The Balaban J connectivity index is 2.33. The van der Waals surface area contributed by atoms with E-state index in [1.807, 2.05) is 6.07 Å². The van der Waals surface area contributed by atoms with Gasteiger partial charge in [-0.05, 0) is 43.4 Å². The summed E-state index contributed by atoms with van der Waals surface area (Å²) in [7, 11) is 0. The first kappa shape index (κ1) is 14.7. The number of nitrogen functional groups attached to an aromatic ring is 1. The molecule has 1 aromatic carbocycles. The van der Waals surface area contributed by atoms with Crippen molar-refractivity contribution in [3.63, 3.8) is 0 Å². The number of benzene rings is 1. The van der Waals surface area contributed by atoms with Crippen LogP contribution in [0.3, 0.4) is 0 Å². The Bertz CT molecular complexity index is 479. The van der Waals surface area contributed by atoms with Crippen LogP contribution in [0.5, 0.6) is 0 Å². The van der Waals surface area contributed by atoms with Crippen molar-refractivity contribution in [1.29, 1.82) is 0 Å². The third-order valence-electron chi connectivity index (χ3n) is 3.81. The van der Waals surface area contributed by atoms with Crippen molar-refractivity contribution in [2.24, 2.45) is 0 Å². The van der Waals surface area contributed by atoms with Crippen LogP contribution < -0.4 is 16.0 Å². The molecule has 0 unspecified atom stereocenters. The quantitative estimate of drug-likeness (QED) is 0.811. The Hall–Kier alpha value is -1.71. The zero-order valence-corrected chi connectivity index (χ0v) is 12.5. The second-order valence-corrected chi connectivity index (χ2v) is 5.55. The summed E-state index contributed by atoms with van der Waals surface area (Å²) < 4.78 is 0. The fraction of sp³-hybridized carbons (Fsp3) is 0.562. The van der Waals surface area contributed by atoms with Crippen LogP contribution >= 0.6 is 0 Å². The van der Waals surface area contributed by atoms with E-state index >= 15 is 0 Å². The summed E-state index contributed by atoms with van der Waals surface area (Å²) >= 11 is 0. The lowest BCUT2D eigenvalue weighted by atomic mass is 10.0. The second kappa shape index (κ2) is 6.64. The van der Waals surface area contributed by atoms with Gasteiger partial charge in [-0.2, -0.15) is 0 Å². The molecule has 1 saturated heterocycles. The van der Waals surface area contributed by atoms with Gasteiger partial charge in [0.25, 0.3) is 0 Å². The zero-order valence-electron chi connectivity index (χ0n) is 12.5. The molecule has 4 heteroatoms. The van der Waals surface area contributed by atoms with Gasteiger partial charge in [-0.1, -0.05) is 13.3 Å². The Morgan fingerprint density at radius 1 is 1.35 bits per heavy atom. The number of nitrogens with zero attached hydrogens (tertiary/aromatic N) is 1. The van der Waals surface area contributed by atoms with E-state index in [0.29, 0.717) is 0 Å². The molecular formula is C16H25N3O. The minimum atomic E-state index is -0.0499. The van der Waals surface area contributed by atoms with Gasteiger partial charge in [-0.3, -0.25) is 4.79 Å².